The molecule has 0 atom stereocenters. The number of hydrogen-bond acceptors (Lipinski definition) is 6. The fourth-order valence-corrected chi connectivity index (χ4v) is 3.02. The molecular formula is C9H9N3O3S2. The Bertz CT molecular complexity index is 655. The van der Waals surface area contributed by atoms with E-state index in [1.165, 1.54) is 6.07 Å². The zero-order chi connectivity index (χ0) is 12.0. The molecule has 6 nitrogen and oxygen atoms in total. The fraction of sp³-hybridized carbons (Fsp3) is 0.333. The van der Waals surface area contributed by atoms with E-state index in [4.69, 9.17) is 9.66 Å². The number of nitrogens with zero attached hydrogens (tertiary/aromatic N) is 2. The highest BCUT2D eigenvalue weighted by molar-refractivity contribution is 7.91. The topological polar surface area (TPSA) is 99.1 Å². The molecular weight excluding hydrogens is 262 g/mol. The second-order valence-corrected chi connectivity index (χ2v) is 6.63. The summed E-state index contributed by atoms with van der Waals surface area (Å²) in [5.41, 5.74) is 0.620. The lowest BCUT2D eigenvalue weighted by Crippen LogP contribution is -2.09. The van der Waals surface area contributed by atoms with E-state index in [-0.39, 0.29) is 4.21 Å². The van der Waals surface area contributed by atoms with Gasteiger partial charge in [0, 0.05) is 16.9 Å². The summed E-state index contributed by atoms with van der Waals surface area (Å²) in [6, 6.07) is 1.46. The molecule has 17 heavy (non-hydrogen) atoms. The van der Waals surface area contributed by atoms with Crippen LogP contribution >= 0.6 is 11.3 Å². The predicted octanol–water partition coefficient (Wildman–Crippen LogP) is 1.32. The van der Waals surface area contributed by atoms with Crippen molar-refractivity contribution in [2.24, 2.45) is 5.14 Å². The average Bonchev–Trinajstić information content (AvgIpc) is 2.82. The summed E-state index contributed by atoms with van der Waals surface area (Å²) in [5.74, 6) is 1.43. The Kier molecular flexibility index (Phi) is 2.32. The van der Waals surface area contributed by atoms with Crippen LogP contribution in [0.2, 0.25) is 0 Å². The zero-order valence-electron chi connectivity index (χ0n) is 8.66. The Morgan fingerprint density at radius 2 is 2.24 bits per heavy atom. The first-order valence-electron chi connectivity index (χ1n) is 4.99. The Labute approximate surface area is 102 Å². The highest BCUT2D eigenvalue weighted by Crippen LogP contribution is 2.39. The molecule has 8 heteroatoms. The molecule has 0 unspecified atom stereocenters. The maximum Gasteiger partial charge on any atom is 0.247 e. The first-order valence-corrected chi connectivity index (χ1v) is 7.42. The van der Waals surface area contributed by atoms with E-state index in [2.05, 4.69) is 10.1 Å². The van der Waals surface area contributed by atoms with E-state index in [1.807, 2.05) is 0 Å². The van der Waals surface area contributed by atoms with Gasteiger partial charge in [-0.05, 0) is 18.9 Å². The Morgan fingerprint density at radius 3 is 2.82 bits per heavy atom. The van der Waals surface area contributed by atoms with Gasteiger partial charge in [0.1, 0.15) is 4.21 Å². The Hall–Kier alpha value is -1.25. The van der Waals surface area contributed by atoms with Crippen LogP contribution in [0.25, 0.3) is 11.4 Å². The van der Waals surface area contributed by atoms with Crippen molar-refractivity contribution in [1.82, 2.24) is 10.1 Å². The lowest BCUT2D eigenvalue weighted by atomic mass is 10.3. The van der Waals surface area contributed by atoms with Crippen molar-refractivity contribution in [2.75, 3.05) is 0 Å². The molecule has 1 fully saturated rings. The summed E-state index contributed by atoms with van der Waals surface area (Å²) in [6.07, 6.45) is 2.15. The summed E-state index contributed by atoms with van der Waals surface area (Å²) in [4.78, 5) is 4.23. The summed E-state index contributed by atoms with van der Waals surface area (Å²) < 4.78 is 27.5. The van der Waals surface area contributed by atoms with Gasteiger partial charge in [-0.25, -0.2) is 13.6 Å². The lowest BCUT2D eigenvalue weighted by molar-refractivity contribution is 0.380. The van der Waals surface area contributed by atoms with E-state index < -0.39 is 10.0 Å². The van der Waals surface area contributed by atoms with Crippen molar-refractivity contribution >= 4 is 21.4 Å². The summed E-state index contributed by atoms with van der Waals surface area (Å²) >= 11 is 1.05. The third-order valence-corrected chi connectivity index (χ3v) is 4.87. The molecule has 0 radical (unpaired) electrons. The molecule has 0 spiro atoms. The van der Waals surface area contributed by atoms with Crippen LogP contribution in [0.3, 0.4) is 0 Å². The monoisotopic (exact) mass is 271 g/mol. The molecule has 2 aromatic rings. The molecule has 3 rings (SSSR count). The van der Waals surface area contributed by atoms with Gasteiger partial charge in [-0.3, -0.25) is 0 Å². The molecule has 2 aromatic heterocycles. The molecule has 0 bridgehead atoms. The van der Waals surface area contributed by atoms with E-state index in [9.17, 15) is 8.42 Å². The highest BCUT2D eigenvalue weighted by Gasteiger charge is 2.30. The number of aromatic nitrogens is 2. The van der Waals surface area contributed by atoms with E-state index in [0.717, 1.165) is 24.2 Å². The maximum atomic E-state index is 11.1. The summed E-state index contributed by atoms with van der Waals surface area (Å²) in [7, 11) is -3.65. The van der Waals surface area contributed by atoms with Crippen molar-refractivity contribution in [1.29, 1.82) is 0 Å². The molecule has 0 saturated heterocycles. The number of nitrogens with two attached hydrogens (primary N) is 1. The van der Waals surface area contributed by atoms with Crippen LogP contribution in [0, 0.1) is 0 Å². The minimum atomic E-state index is -3.65. The van der Waals surface area contributed by atoms with Gasteiger partial charge in [-0.15, -0.1) is 11.3 Å². The Morgan fingerprint density at radius 1 is 1.47 bits per heavy atom. The molecule has 2 N–H and O–H groups in total. The first-order chi connectivity index (χ1) is 8.04. The third kappa shape index (κ3) is 2.11. The van der Waals surface area contributed by atoms with Crippen LogP contribution in [0.5, 0.6) is 0 Å². The van der Waals surface area contributed by atoms with Crippen molar-refractivity contribution in [3.8, 4) is 11.4 Å². The quantitative estimate of drug-likeness (QED) is 0.907. The van der Waals surface area contributed by atoms with Crippen LogP contribution < -0.4 is 5.14 Å². The molecule has 1 aliphatic carbocycles. The Balaban J connectivity index is 1.95. The van der Waals surface area contributed by atoms with Crippen molar-refractivity contribution < 1.29 is 12.9 Å². The second kappa shape index (κ2) is 3.62. The summed E-state index contributed by atoms with van der Waals surface area (Å²) in [5, 5.41) is 10.5. The van der Waals surface area contributed by atoms with Crippen molar-refractivity contribution in [3.63, 3.8) is 0 Å². The number of thiophene rings is 1. The molecule has 0 aromatic carbocycles. The number of rotatable bonds is 3. The van der Waals surface area contributed by atoms with Crippen LogP contribution in [0.1, 0.15) is 24.7 Å². The zero-order valence-corrected chi connectivity index (χ0v) is 10.3. The maximum absolute atomic E-state index is 11.1. The number of hydrogen-bond donors (Lipinski definition) is 1. The van der Waals surface area contributed by atoms with Crippen molar-refractivity contribution in [3.05, 3.63) is 17.3 Å². The van der Waals surface area contributed by atoms with Gasteiger partial charge >= 0.3 is 0 Å². The van der Waals surface area contributed by atoms with Gasteiger partial charge < -0.3 is 4.52 Å². The van der Waals surface area contributed by atoms with Gasteiger partial charge in [0.25, 0.3) is 0 Å². The molecule has 90 valence electrons. The van der Waals surface area contributed by atoms with Gasteiger partial charge in [-0.1, -0.05) is 5.16 Å². The SMILES string of the molecule is NS(=O)(=O)c1cc(-c2noc(C3CC3)n2)cs1. The average molecular weight is 271 g/mol. The normalized spacial score (nSPS) is 16.3. The predicted molar refractivity (Wildman–Crippen MR) is 61.0 cm³/mol. The van der Waals surface area contributed by atoms with Gasteiger partial charge in [0.05, 0.1) is 0 Å². The molecule has 2 heterocycles. The van der Waals surface area contributed by atoms with E-state index in [1.54, 1.807) is 5.38 Å². The van der Waals surface area contributed by atoms with E-state index >= 15 is 0 Å². The molecule has 0 aliphatic heterocycles. The smallest absolute Gasteiger partial charge is 0.247 e. The summed E-state index contributed by atoms with van der Waals surface area (Å²) in [6.45, 7) is 0. The van der Waals surface area contributed by atoms with Crippen LogP contribution in [0.15, 0.2) is 20.2 Å². The van der Waals surface area contributed by atoms with Crippen LogP contribution in [-0.4, -0.2) is 18.6 Å². The molecule has 0 amide bonds. The van der Waals surface area contributed by atoms with Gasteiger partial charge in [0.15, 0.2) is 0 Å². The number of sulfonamides is 1. The van der Waals surface area contributed by atoms with Gasteiger partial charge in [-0.2, -0.15) is 4.98 Å². The first kappa shape index (κ1) is 10.9. The van der Waals surface area contributed by atoms with Crippen LogP contribution in [-0.2, 0) is 10.0 Å². The minimum absolute atomic E-state index is 0.102. The lowest BCUT2D eigenvalue weighted by Gasteiger charge is -1.88. The van der Waals surface area contributed by atoms with Crippen molar-refractivity contribution in [2.45, 2.75) is 23.0 Å². The minimum Gasteiger partial charge on any atom is -0.339 e. The second-order valence-electron chi connectivity index (χ2n) is 3.93. The van der Waals surface area contributed by atoms with Gasteiger partial charge in [0.2, 0.25) is 21.7 Å². The third-order valence-electron chi connectivity index (χ3n) is 2.48. The largest absolute Gasteiger partial charge is 0.339 e. The van der Waals surface area contributed by atoms with E-state index in [0.29, 0.717) is 23.2 Å². The van der Waals surface area contributed by atoms with Crippen LogP contribution in [0.4, 0.5) is 0 Å². The fourth-order valence-electron chi connectivity index (χ4n) is 1.43. The standard InChI is InChI=1S/C9H9N3O3S2/c10-17(13,14)7-3-6(4-16-7)8-11-9(15-12-8)5-1-2-5/h3-5H,1-2H2,(H2,10,13,14). The molecule has 1 saturated carbocycles. The highest BCUT2D eigenvalue weighted by atomic mass is 32.2. The molecule has 1 aliphatic rings. The number of primary sulfonamides is 1.